The third-order valence-corrected chi connectivity index (χ3v) is 6.34. The summed E-state index contributed by atoms with van der Waals surface area (Å²) in [5, 5.41) is 0. The van der Waals surface area contributed by atoms with Crippen LogP contribution < -0.4 is 9.80 Å². The zero-order chi connectivity index (χ0) is 22.0. The predicted molar refractivity (Wildman–Crippen MR) is 112 cm³/mol. The van der Waals surface area contributed by atoms with Gasteiger partial charge in [0.1, 0.15) is 19.3 Å². The van der Waals surface area contributed by atoms with Gasteiger partial charge in [-0.2, -0.15) is 8.42 Å². The van der Waals surface area contributed by atoms with Crippen LogP contribution in [0.1, 0.15) is 5.56 Å². The van der Waals surface area contributed by atoms with Crippen molar-refractivity contribution in [1.29, 1.82) is 0 Å². The molecule has 0 spiro atoms. The number of morpholine rings is 1. The fourth-order valence-corrected chi connectivity index (χ4v) is 4.37. The molecule has 10 heteroatoms. The maximum atomic E-state index is 12.5. The number of para-hydroxylation sites is 2. The highest BCUT2D eigenvalue weighted by molar-refractivity contribution is 7.86. The minimum absolute atomic E-state index is 0.0217. The molecule has 2 saturated heterocycles. The standard InChI is InChI=1S/C21H22N2O7S/c1-15-6-8-17(9-7-15)31(26,27)29-13-16-12-23(21(25)30-16)19-5-3-2-4-18(19)22-10-11-28-14-20(22)24/h2-9,16H,10-14H2,1H3/t16-/m1/s1. The van der Waals surface area contributed by atoms with Crippen LogP contribution in [0.5, 0.6) is 0 Å². The van der Waals surface area contributed by atoms with Crippen molar-refractivity contribution in [3.8, 4) is 0 Å². The Balaban J connectivity index is 1.47. The first kappa shape index (κ1) is 21.3. The van der Waals surface area contributed by atoms with E-state index in [9.17, 15) is 18.0 Å². The van der Waals surface area contributed by atoms with Gasteiger partial charge in [0.15, 0.2) is 0 Å². The topological polar surface area (TPSA) is 102 Å². The zero-order valence-electron chi connectivity index (χ0n) is 16.9. The zero-order valence-corrected chi connectivity index (χ0v) is 17.7. The first-order chi connectivity index (χ1) is 14.8. The van der Waals surface area contributed by atoms with E-state index < -0.39 is 22.3 Å². The van der Waals surface area contributed by atoms with Gasteiger partial charge in [-0.05, 0) is 31.2 Å². The highest BCUT2D eigenvalue weighted by Gasteiger charge is 2.36. The lowest BCUT2D eigenvalue weighted by Crippen LogP contribution is -2.42. The van der Waals surface area contributed by atoms with E-state index in [2.05, 4.69) is 0 Å². The van der Waals surface area contributed by atoms with Crippen LogP contribution in [-0.2, 0) is 28.6 Å². The molecule has 2 aromatic carbocycles. The van der Waals surface area contributed by atoms with Gasteiger partial charge in [-0.3, -0.25) is 13.9 Å². The number of nitrogens with zero attached hydrogens (tertiary/aromatic N) is 2. The summed E-state index contributed by atoms with van der Waals surface area (Å²) >= 11 is 0. The number of cyclic esters (lactones) is 1. The smallest absolute Gasteiger partial charge is 0.414 e. The highest BCUT2D eigenvalue weighted by atomic mass is 32.2. The quantitative estimate of drug-likeness (QED) is 0.626. The Hall–Kier alpha value is -2.95. The van der Waals surface area contributed by atoms with Gasteiger partial charge in [-0.25, -0.2) is 4.79 Å². The van der Waals surface area contributed by atoms with Crippen LogP contribution >= 0.6 is 0 Å². The van der Waals surface area contributed by atoms with Crippen LogP contribution in [0, 0.1) is 6.92 Å². The van der Waals surface area contributed by atoms with Gasteiger partial charge in [0.2, 0.25) is 0 Å². The summed E-state index contributed by atoms with van der Waals surface area (Å²) in [5.74, 6) is -0.199. The number of aryl methyl sites for hydroxylation is 1. The van der Waals surface area contributed by atoms with E-state index in [1.54, 1.807) is 41.3 Å². The lowest BCUT2D eigenvalue weighted by molar-refractivity contribution is -0.125. The summed E-state index contributed by atoms with van der Waals surface area (Å²) in [4.78, 5) is 27.7. The number of hydrogen-bond donors (Lipinski definition) is 0. The van der Waals surface area contributed by atoms with Crippen LogP contribution in [0.4, 0.5) is 16.2 Å². The minimum atomic E-state index is -3.97. The fourth-order valence-electron chi connectivity index (χ4n) is 3.44. The molecule has 2 heterocycles. The fraction of sp³-hybridized carbons (Fsp3) is 0.333. The molecule has 2 fully saturated rings. The summed E-state index contributed by atoms with van der Waals surface area (Å²) in [7, 11) is -3.97. The van der Waals surface area contributed by atoms with Crippen LogP contribution in [-0.4, -0.2) is 59.4 Å². The molecule has 0 bridgehead atoms. The Morgan fingerprint density at radius 1 is 1.03 bits per heavy atom. The summed E-state index contributed by atoms with van der Waals surface area (Å²) < 4.78 is 40.4. The number of benzene rings is 2. The van der Waals surface area contributed by atoms with Crippen molar-refractivity contribution in [1.82, 2.24) is 0 Å². The molecule has 2 aliphatic rings. The molecule has 0 saturated carbocycles. The second-order valence-corrected chi connectivity index (χ2v) is 8.87. The van der Waals surface area contributed by atoms with Crippen molar-refractivity contribution in [3.63, 3.8) is 0 Å². The molecule has 2 aromatic rings. The summed E-state index contributed by atoms with van der Waals surface area (Å²) in [6, 6.07) is 13.3. The maximum absolute atomic E-state index is 12.5. The number of ether oxygens (including phenoxy) is 2. The Kier molecular flexibility index (Phi) is 5.94. The number of rotatable bonds is 6. The molecule has 9 nitrogen and oxygen atoms in total. The van der Waals surface area contributed by atoms with Crippen molar-refractivity contribution in [3.05, 3.63) is 54.1 Å². The van der Waals surface area contributed by atoms with Crippen LogP contribution in [0.15, 0.2) is 53.4 Å². The van der Waals surface area contributed by atoms with Crippen molar-refractivity contribution in [2.45, 2.75) is 17.9 Å². The van der Waals surface area contributed by atoms with E-state index in [0.29, 0.717) is 24.5 Å². The number of anilines is 2. The number of hydrogen-bond acceptors (Lipinski definition) is 7. The van der Waals surface area contributed by atoms with E-state index >= 15 is 0 Å². The predicted octanol–water partition coefficient (Wildman–Crippen LogP) is 2.09. The molecule has 0 aromatic heterocycles. The monoisotopic (exact) mass is 446 g/mol. The molecule has 0 aliphatic carbocycles. The van der Waals surface area contributed by atoms with Crippen molar-refractivity contribution < 1.29 is 31.7 Å². The van der Waals surface area contributed by atoms with Crippen molar-refractivity contribution >= 4 is 33.5 Å². The Morgan fingerprint density at radius 2 is 1.71 bits per heavy atom. The lowest BCUT2D eigenvalue weighted by atomic mass is 10.2. The average Bonchev–Trinajstić information content (AvgIpc) is 3.13. The Labute approximate surface area is 180 Å². The van der Waals surface area contributed by atoms with Gasteiger partial charge in [-0.1, -0.05) is 29.8 Å². The number of carbonyl (C=O) groups excluding carboxylic acids is 2. The van der Waals surface area contributed by atoms with Crippen molar-refractivity contribution in [2.75, 3.05) is 42.7 Å². The largest absolute Gasteiger partial charge is 0.441 e. The average molecular weight is 446 g/mol. The van der Waals surface area contributed by atoms with Gasteiger partial charge in [-0.15, -0.1) is 0 Å². The maximum Gasteiger partial charge on any atom is 0.414 e. The van der Waals surface area contributed by atoms with Gasteiger partial charge in [0.05, 0.1) is 29.4 Å². The molecular weight excluding hydrogens is 424 g/mol. The van der Waals surface area contributed by atoms with Crippen molar-refractivity contribution in [2.24, 2.45) is 0 Å². The molecule has 0 N–H and O–H groups in total. The third kappa shape index (κ3) is 4.55. The van der Waals surface area contributed by atoms with E-state index in [1.165, 1.54) is 17.0 Å². The molecule has 0 radical (unpaired) electrons. The molecular formula is C21H22N2O7S. The summed E-state index contributed by atoms with van der Waals surface area (Å²) in [5.41, 5.74) is 2.00. The van der Waals surface area contributed by atoms with Crippen LogP contribution in [0.3, 0.4) is 0 Å². The second kappa shape index (κ2) is 8.66. The molecule has 31 heavy (non-hydrogen) atoms. The van der Waals surface area contributed by atoms with E-state index in [1.807, 2.05) is 6.92 Å². The minimum Gasteiger partial charge on any atom is -0.441 e. The molecule has 164 valence electrons. The Bertz CT molecular complexity index is 1090. The van der Waals surface area contributed by atoms with E-state index in [4.69, 9.17) is 13.7 Å². The molecule has 4 rings (SSSR count). The van der Waals surface area contributed by atoms with E-state index in [0.717, 1.165) is 5.56 Å². The SMILES string of the molecule is Cc1ccc(S(=O)(=O)OC[C@H]2CN(c3ccccc3N3CCOCC3=O)C(=O)O2)cc1. The van der Waals surface area contributed by atoms with Gasteiger partial charge >= 0.3 is 6.09 Å². The number of amides is 2. The Morgan fingerprint density at radius 3 is 2.39 bits per heavy atom. The third-order valence-electron chi connectivity index (χ3n) is 5.04. The van der Waals surface area contributed by atoms with Gasteiger partial charge in [0.25, 0.3) is 16.0 Å². The van der Waals surface area contributed by atoms with Gasteiger partial charge < -0.3 is 14.4 Å². The van der Waals surface area contributed by atoms with Crippen LogP contribution in [0.2, 0.25) is 0 Å². The normalized spacial score (nSPS) is 19.6. The number of carbonyl (C=O) groups is 2. The summed E-state index contributed by atoms with van der Waals surface area (Å²) in [6.45, 7) is 2.39. The highest BCUT2D eigenvalue weighted by Crippen LogP contribution is 2.33. The van der Waals surface area contributed by atoms with E-state index in [-0.39, 0.29) is 30.6 Å². The first-order valence-electron chi connectivity index (χ1n) is 9.76. The second-order valence-electron chi connectivity index (χ2n) is 7.25. The molecule has 0 unspecified atom stereocenters. The summed E-state index contributed by atoms with van der Waals surface area (Å²) in [6.07, 6.45) is -1.41. The first-order valence-corrected chi connectivity index (χ1v) is 11.2. The van der Waals surface area contributed by atoms with Gasteiger partial charge in [0, 0.05) is 6.54 Å². The molecule has 2 amide bonds. The molecule has 2 aliphatic heterocycles. The molecule has 1 atom stereocenters. The van der Waals surface area contributed by atoms with Crippen LogP contribution in [0.25, 0.3) is 0 Å². The lowest BCUT2D eigenvalue weighted by Gasteiger charge is -2.30.